The molecule has 0 saturated carbocycles. The first kappa shape index (κ1) is 7.80. The molecule has 0 atom stereocenters. The zero-order valence-electron chi connectivity index (χ0n) is 3.49. The van der Waals surface area contributed by atoms with E-state index in [4.69, 9.17) is 5.11 Å². The molecule has 0 bridgehead atoms. The van der Waals surface area contributed by atoms with Crippen molar-refractivity contribution in [2.75, 3.05) is 0 Å². The Morgan fingerprint density at radius 1 is 1.50 bits per heavy atom. The van der Waals surface area contributed by atoms with Crippen molar-refractivity contribution in [3.63, 3.8) is 0 Å². The molecule has 0 unspecified atom stereocenters. The average Bonchev–Trinajstić information content (AvgIpc) is 1.64. The van der Waals surface area contributed by atoms with Crippen LogP contribution in [0.5, 0.6) is 0 Å². The number of hydrogen-bond acceptors (Lipinski definition) is 1. The van der Waals surface area contributed by atoms with E-state index in [2.05, 4.69) is 0 Å². The zero-order valence-corrected chi connectivity index (χ0v) is 5.65. The Hall–Kier alpha value is -0.200. The van der Waals surface area contributed by atoms with Gasteiger partial charge in [-0.15, -0.1) is 0 Å². The van der Waals surface area contributed by atoms with Gasteiger partial charge in [0, 0.05) is 0 Å². The van der Waals surface area contributed by atoms with Crippen LogP contribution in [0, 0.1) is 0 Å². The second-order valence-corrected chi connectivity index (χ2v) is 1.83. The molecule has 0 saturated heterocycles. The molecule has 2 nitrogen and oxygen atoms in total. The molecule has 0 aromatic heterocycles. The number of carboxylic acid groups (broad SMARTS) is 1. The first-order valence-corrected chi connectivity index (χ1v) is 2.57. The summed E-state index contributed by atoms with van der Waals surface area (Å²) < 4.78 is 21.7. The average molecular weight is 234 g/mol. The lowest BCUT2D eigenvalue weighted by molar-refractivity contribution is -0.134. The van der Waals surface area contributed by atoms with Crippen molar-refractivity contribution in [3.8, 4) is 0 Å². The minimum Gasteiger partial charge on any atom is -0.476 e. The molecule has 0 aromatic carbocycles. The summed E-state index contributed by atoms with van der Waals surface area (Å²) in [6.45, 7) is 0. The van der Waals surface area contributed by atoms with Gasteiger partial charge in [-0.3, -0.25) is 0 Å². The molecule has 8 heavy (non-hydrogen) atoms. The van der Waals surface area contributed by atoms with Crippen LogP contribution in [-0.4, -0.2) is 11.1 Å². The van der Waals surface area contributed by atoms with Gasteiger partial charge >= 0.3 is 5.97 Å². The van der Waals surface area contributed by atoms with Crippen LogP contribution in [0.15, 0.2) is 9.66 Å². The summed E-state index contributed by atoms with van der Waals surface area (Å²) >= 11 is 0.941. The highest BCUT2D eigenvalue weighted by atomic mass is 127. The third-order valence-electron chi connectivity index (χ3n) is 0.354. The molecular weight excluding hydrogens is 233 g/mol. The predicted molar refractivity (Wildman–Crippen MR) is 30.9 cm³/mol. The van der Waals surface area contributed by atoms with Gasteiger partial charge in [-0.1, -0.05) is 0 Å². The van der Waals surface area contributed by atoms with Crippen LogP contribution in [0.1, 0.15) is 0 Å². The third kappa shape index (κ3) is 2.20. The van der Waals surface area contributed by atoms with Crippen LogP contribution in [-0.2, 0) is 4.79 Å². The summed E-state index contributed by atoms with van der Waals surface area (Å²) in [5, 5.41) is 7.67. The number of aliphatic carboxylic acids is 1. The normalized spacial score (nSPS) is 12.9. The van der Waals surface area contributed by atoms with Crippen molar-refractivity contribution in [3.05, 3.63) is 9.66 Å². The molecular formula is C3HF2IO2. The summed E-state index contributed by atoms with van der Waals surface area (Å²) in [4.78, 5) is 9.46. The van der Waals surface area contributed by atoms with Crippen molar-refractivity contribution in [1.82, 2.24) is 0 Å². The first-order valence-electron chi connectivity index (χ1n) is 1.49. The Labute approximate surface area is 57.3 Å². The quantitative estimate of drug-likeness (QED) is 0.552. The summed E-state index contributed by atoms with van der Waals surface area (Å²) in [5.41, 5.74) is 0. The maximum atomic E-state index is 11.5. The largest absolute Gasteiger partial charge is 0.476 e. The van der Waals surface area contributed by atoms with Crippen LogP contribution in [0.2, 0.25) is 0 Å². The maximum Gasteiger partial charge on any atom is 0.368 e. The van der Waals surface area contributed by atoms with E-state index in [-0.39, 0.29) is 0 Å². The third-order valence-corrected chi connectivity index (χ3v) is 0.827. The number of rotatable bonds is 1. The second-order valence-electron chi connectivity index (χ2n) is 0.880. The van der Waals surface area contributed by atoms with Crippen molar-refractivity contribution in [2.24, 2.45) is 0 Å². The van der Waals surface area contributed by atoms with E-state index in [1.54, 1.807) is 0 Å². The molecule has 5 heteroatoms. The fourth-order valence-corrected chi connectivity index (χ4v) is 0.312. The standard InChI is InChI=1S/C3HF2IO2/c4-1(2(5)6)3(7)8/h(H,7,8). The topological polar surface area (TPSA) is 37.3 Å². The van der Waals surface area contributed by atoms with Gasteiger partial charge in [0.1, 0.15) is 0 Å². The van der Waals surface area contributed by atoms with Crippen molar-refractivity contribution < 1.29 is 18.7 Å². The molecule has 0 amide bonds. The lowest BCUT2D eigenvalue weighted by Gasteiger charge is -1.82. The summed E-state index contributed by atoms with van der Waals surface area (Å²) in [6, 6.07) is 0. The van der Waals surface area contributed by atoms with Gasteiger partial charge in [-0.25, -0.2) is 4.79 Å². The smallest absolute Gasteiger partial charge is 0.368 e. The van der Waals surface area contributed by atoms with Gasteiger partial charge < -0.3 is 5.11 Å². The van der Waals surface area contributed by atoms with Gasteiger partial charge in [0.05, 0.1) is 0 Å². The number of halogens is 3. The second kappa shape index (κ2) is 2.95. The van der Waals surface area contributed by atoms with Gasteiger partial charge in [-0.05, 0) is 22.6 Å². The summed E-state index contributed by atoms with van der Waals surface area (Å²) in [5.74, 6) is -3.62. The van der Waals surface area contributed by atoms with Crippen LogP contribution in [0.25, 0.3) is 0 Å². The maximum absolute atomic E-state index is 11.5. The minimum absolute atomic E-state index is 0.941. The summed E-state index contributed by atoms with van der Waals surface area (Å²) in [6.07, 6.45) is 0. The zero-order chi connectivity index (χ0) is 6.73. The van der Waals surface area contributed by atoms with E-state index < -0.39 is 15.6 Å². The minimum atomic E-state index is -1.88. The highest BCUT2D eigenvalue weighted by molar-refractivity contribution is 14.1. The van der Waals surface area contributed by atoms with Crippen molar-refractivity contribution in [2.45, 2.75) is 0 Å². The lowest BCUT2D eigenvalue weighted by atomic mass is 10.6. The molecule has 0 aliphatic rings. The molecule has 0 aliphatic heterocycles. The lowest BCUT2D eigenvalue weighted by Crippen LogP contribution is -1.94. The van der Waals surface area contributed by atoms with Crippen molar-refractivity contribution >= 4 is 28.6 Å². The van der Waals surface area contributed by atoms with Gasteiger partial charge in [0.2, 0.25) is 9.66 Å². The Morgan fingerprint density at radius 2 is 1.88 bits per heavy atom. The van der Waals surface area contributed by atoms with Crippen LogP contribution >= 0.6 is 22.6 Å². The summed E-state index contributed by atoms with van der Waals surface area (Å²) in [7, 11) is 0. The predicted octanol–water partition coefficient (Wildman–Crippen LogP) is 1.61. The Balaban J connectivity index is 4.23. The fraction of sp³-hybridized carbons (Fsp3) is 0. The monoisotopic (exact) mass is 234 g/mol. The van der Waals surface area contributed by atoms with Crippen LogP contribution < -0.4 is 0 Å². The SMILES string of the molecule is O=C(O)C(F)=C(F)I. The Kier molecular flexibility index (Phi) is 2.88. The molecule has 0 fully saturated rings. The van der Waals surface area contributed by atoms with E-state index in [1.807, 2.05) is 0 Å². The van der Waals surface area contributed by atoms with Gasteiger partial charge in [-0.2, -0.15) is 8.78 Å². The van der Waals surface area contributed by atoms with Crippen LogP contribution in [0.4, 0.5) is 8.78 Å². The molecule has 0 rings (SSSR count). The molecule has 46 valence electrons. The molecule has 0 radical (unpaired) electrons. The highest BCUT2D eigenvalue weighted by Gasteiger charge is 2.10. The number of hydrogen-bond donors (Lipinski definition) is 1. The van der Waals surface area contributed by atoms with E-state index in [9.17, 15) is 13.6 Å². The number of carboxylic acids is 1. The van der Waals surface area contributed by atoms with E-state index >= 15 is 0 Å². The van der Waals surface area contributed by atoms with Gasteiger partial charge in [0.25, 0.3) is 0 Å². The molecule has 0 spiro atoms. The molecule has 1 N–H and O–H groups in total. The van der Waals surface area contributed by atoms with E-state index in [0.717, 1.165) is 22.6 Å². The highest BCUT2D eigenvalue weighted by Crippen LogP contribution is 2.14. The van der Waals surface area contributed by atoms with E-state index in [1.165, 1.54) is 0 Å². The Morgan fingerprint density at radius 3 is 1.88 bits per heavy atom. The molecule has 0 aromatic rings. The van der Waals surface area contributed by atoms with Crippen LogP contribution in [0.3, 0.4) is 0 Å². The van der Waals surface area contributed by atoms with E-state index in [0.29, 0.717) is 0 Å². The first-order chi connectivity index (χ1) is 3.55. The fourth-order valence-electron chi connectivity index (χ4n) is 0.0808. The van der Waals surface area contributed by atoms with Crippen molar-refractivity contribution in [1.29, 1.82) is 0 Å². The number of carbonyl (C=O) groups is 1. The van der Waals surface area contributed by atoms with Gasteiger partial charge in [0.15, 0.2) is 0 Å². The Bertz CT molecular complexity index is 138. The molecule has 0 aliphatic carbocycles. The molecule has 0 heterocycles.